The van der Waals surface area contributed by atoms with Crippen molar-refractivity contribution in [2.24, 2.45) is 5.73 Å². The Hall–Kier alpha value is -1.42. The molecule has 1 amide bonds. The van der Waals surface area contributed by atoms with Gasteiger partial charge in [-0.2, -0.15) is 0 Å². The van der Waals surface area contributed by atoms with E-state index in [1.165, 1.54) is 0 Å². The van der Waals surface area contributed by atoms with Crippen molar-refractivity contribution in [1.29, 1.82) is 0 Å². The molecule has 3 nitrogen and oxygen atoms in total. The van der Waals surface area contributed by atoms with E-state index in [0.717, 1.165) is 5.56 Å². The SMILES string of the molecule is CCC(C)(NC(=O)c1ccc(C)cc1)C(N)=S. The van der Waals surface area contributed by atoms with Crippen molar-refractivity contribution in [3.63, 3.8) is 0 Å². The highest BCUT2D eigenvalue weighted by Crippen LogP contribution is 2.12. The highest BCUT2D eigenvalue weighted by molar-refractivity contribution is 7.80. The van der Waals surface area contributed by atoms with Gasteiger partial charge in [0, 0.05) is 5.56 Å². The molecule has 0 saturated carbocycles. The summed E-state index contributed by atoms with van der Waals surface area (Å²) >= 11 is 4.98. The van der Waals surface area contributed by atoms with Crippen LogP contribution in [0.1, 0.15) is 36.2 Å². The lowest BCUT2D eigenvalue weighted by molar-refractivity contribution is 0.0926. The predicted molar refractivity (Wildman–Crippen MR) is 74.1 cm³/mol. The van der Waals surface area contributed by atoms with Crippen LogP contribution in [0.4, 0.5) is 0 Å². The van der Waals surface area contributed by atoms with Crippen LogP contribution in [0.15, 0.2) is 24.3 Å². The number of nitrogens with one attached hydrogen (secondary N) is 1. The van der Waals surface area contributed by atoms with Gasteiger partial charge in [0.1, 0.15) is 0 Å². The average molecular weight is 250 g/mol. The van der Waals surface area contributed by atoms with Crippen molar-refractivity contribution in [3.05, 3.63) is 35.4 Å². The molecule has 1 aromatic carbocycles. The molecule has 0 aromatic heterocycles. The third kappa shape index (κ3) is 3.27. The van der Waals surface area contributed by atoms with Gasteiger partial charge in [0.2, 0.25) is 0 Å². The molecular weight excluding hydrogens is 232 g/mol. The Labute approximate surface area is 107 Å². The maximum absolute atomic E-state index is 12.0. The molecule has 0 radical (unpaired) electrons. The van der Waals surface area contributed by atoms with Crippen molar-refractivity contribution in [2.75, 3.05) is 0 Å². The first-order chi connectivity index (χ1) is 7.89. The van der Waals surface area contributed by atoms with Gasteiger partial charge < -0.3 is 11.1 Å². The number of hydrogen-bond donors (Lipinski definition) is 2. The van der Waals surface area contributed by atoms with Crippen molar-refractivity contribution in [1.82, 2.24) is 5.32 Å². The normalized spacial score (nSPS) is 13.8. The highest BCUT2D eigenvalue weighted by atomic mass is 32.1. The summed E-state index contributed by atoms with van der Waals surface area (Å²) in [7, 11) is 0. The summed E-state index contributed by atoms with van der Waals surface area (Å²) in [5.41, 5.74) is 6.76. The number of carbonyl (C=O) groups is 1. The quantitative estimate of drug-likeness (QED) is 0.805. The van der Waals surface area contributed by atoms with Crippen LogP contribution in [0.5, 0.6) is 0 Å². The Bertz CT molecular complexity index is 428. The summed E-state index contributed by atoms with van der Waals surface area (Å²) in [5.74, 6) is -0.151. The second-order valence-corrected chi connectivity index (χ2v) is 4.81. The van der Waals surface area contributed by atoms with Crippen LogP contribution in [0, 0.1) is 6.92 Å². The molecule has 0 saturated heterocycles. The average Bonchev–Trinajstić information content (AvgIpc) is 2.29. The van der Waals surface area contributed by atoms with E-state index in [4.69, 9.17) is 18.0 Å². The summed E-state index contributed by atoms with van der Waals surface area (Å²) < 4.78 is 0. The summed E-state index contributed by atoms with van der Waals surface area (Å²) in [6.07, 6.45) is 0.667. The van der Waals surface area contributed by atoms with Crippen LogP contribution in [0.2, 0.25) is 0 Å². The first-order valence-corrected chi connectivity index (χ1v) is 5.99. The summed E-state index contributed by atoms with van der Waals surface area (Å²) in [4.78, 5) is 12.3. The van der Waals surface area contributed by atoms with Crippen LogP contribution in [-0.4, -0.2) is 16.4 Å². The minimum atomic E-state index is -0.628. The van der Waals surface area contributed by atoms with Crippen LogP contribution in [-0.2, 0) is 0 Å². The molecule has 1 atom stereocenters. The molecule has 0 bridgehead atoms. The fourth-order valence-electron chi connectivity index (χ4n) is 1.35. The zero-order valence-electron chi connectivity index (χ0n) is 10.4. The van der Waals surface area contributed by atoms with Crippen molar-refractivity contribution in [2.45, 2.75) is 32.7 Å². The molecule has 0 aliphatic rings. The molecule has 0 spiro atoms. The minimum Gasteiger partial charge on any atom is -0.391 e. The molecule has 4 heteroatoms. The maximum atomic E-state index is 12.0. The molecule has 17 heavy (non-hydrogen) atoms. The predicted octanol–water partition coefficient (Wildman–Crippen LogP) is 2.18. The summed E-state index contributed by atoms with van der Waals surface area (Å²) in [5, 5.41) is 2.87. The standard InChI is InChI=1S/C13H18N2OS/c1-4-13(3,12(14)17)15-11(16)10-7-5-9(2)6-8-10/h5-8H,4H2,1-3H3,(H2,14,17)(H,15,16). The highest BCUT2D eigenvalue weighted by Gasteiger charge is 2.27. The molecule has 0 aliphatic heterocycles. The first kappa shape index (κ1) is 13.6. The monoisotopic (exact) mass is 250 g/mol. The zero-order valence-corrected chi connectivity index (χ0v) is 11.2. The first-order valence-electron chi connectivity index (χ1n) is 5.58. The molecule has 0 fully saturated rings. The molecule has 1 rings (SSSR count). The van der Waals surface area contributed by atoms with Crippen molar-refractivity contribution >= 4 is 23.1 Å². The van der Waals surface area contributed by atoms with Gasteiger partial charge in [-0.25, -0.2) is 0 Å². The minimum absolute atomic E-state index is 0.151. The second kappa shape index (κ2) is 5.27. The largest absolute Gasteiger partial charge is 0.391 e. The number of thiocarbonyl (C=S) groups is 1. The molecule has 1 unspecified atom stereocenters. The smallest absolute Gasteiger partial charge is 0.252 e. The third-order valence-corrected chi connectivity index (χ3v) is 3.40. The fraction of sp³-hybridized carbons (Fsp3) is 0.385. The number of benzene rings is 1. The topological polar surface area (TPSA) is 55.1 Å². The number of nitrogens with two attached hydrogens (primary N) is 1. The van der Waals surface area contributed by atoms with E-state index in [2.05, 4.69) is 5.32 Å². The van der Waals surface area contributed by atoms with Gasteiger partial charge in [-0.1, -0.05) is 36.8 Å². The number of rotatable bonds is 4. The van der Waals surface area contributed by atoms with Gasteiger partial charge in [-0.3, -0.25) is 4.79 Å². The molecule has 1 aromatic rings. The van der Waals surface area contributed by atoms with Gasteiger partial charge >= 0.3 is 0 Å². The molecule has 0 heterocycles. The van der Waals surface area contributed by atoms with Gasteiger partial charge in [0.25, 0.3) is 5.91 Å². The molecule has 0 aliphatic carbocycles. The van der Waals surface area contributed by atoms with Crippen LogP contribution < -0.4 is 11.1 Å². The lowest BCUT2D eigenvalue weighted by Gasteiger charge is -2.28. The van der Waals surface area contributed by atoms with Crippen molar-refractivity contribution < 1.29 is 4.79 Å². The van der Waals surface area contributed by atoms with Gasteiger partial charge in [0.05, 0.1) is 10.5 Å². The van der Waals surface area contributed by atoms with Gasteiger partial charge in [-0.15, -0.1) is 0 Å². The number of aryl methyl sites for hydroxylation is 1. The Morgan fingerprint density at radius 1 is 1.41 bits per heavy atom. The van der Waals surface area contributed by atoms with Crippen molar-refractivity contribution in [3.8, 4) is 0 Å². The summed E-state index contributed by atoms with van der Waals surface area (Å²) in [6.45, 7) is 5.75. The molecule has 92 valence electrons. The van der Waals surface area contributed by atoms with Crippen LogP contribution in [0.25, 0.3) is 0 Å². The van der Waals surface area contributed by atoms with E-state index < -0.39 is 5.54 Å². The van der Waals surface area contributed by atoms with E-state index >= 15 is 0 Å². The Balaban J connectivity index is 2.85. The zero-order chi connectivity index (χ0) is 13.1. The second-order valence-electron chi connectivity index (χ2n) is 4.37. The number of carbonyl (C=O) groups excluding carboxylic acids is 1. The Kier molecular flexibility index (Phi) is 4.23. The Morgan fingerprint density at radius 2 is 1.94 bits per heavy atom. The molecular formula is C13H18N2OS. The van der Waals surface area contributed by atoms with E-state index in [0.29, 0.717) is 17.0 Å². The Morgan fingerprint density at radius 3 is 2.35 bits per heavy atom. The third-order valence-electron chi connectivity index (χ3n) is 2.95. The fourth-order valence-corrected chi connectivity index (χ4v) is 1.55. The number of amides is 1. The lowest BCUT2D eigenvalue weighted by Crippen LogP contribution is -2.54. The van der Waals surface area contributed by atoms with Gasteiger partial charge in [0.15, 0.2) is 0 Å². The molecule has 3 N–H and O–H groups in total. The van der Waals surface area contributed by atoms with E-state index in [1.54, 1.807) is 12.1 Å². The lowest BCUT2D eigenvalue weighted by atomic mass is 9.98. The summed E-state index contributed by atoms with van der Waals surface area (Å²) in [6, 6.07) is 7.39. The van der Waals surface area contributed by atoms with Crippen LogP contribution in [0.3, 0.4) is 0 Å². The van der Waals surface area contributed by atoms with Gasteiger partial charge in [-0.05, 0) is 32.4 Å². The maximum Gasteiger partial charge on any atom is 0.252 e. The van der Waals surface area contributed by atoms with E-state index in [-0.39, 0.29) is 5.91 Å². The van der Waals surface area contributed by atoms with Crippen LogP contribution >= 0.6 is 12.2 Å². The van der Waals surface area contributed by atoms with E-state index in [1.807, 2.05) is 32.9 Å². The van der Waals surface area contributed by atoms with E-state index in [9.17, 15) is 4.79 Å². The number of hydrogen-bond acceptors (Lipinski definition) is 2.